The molecule has 0 aromatic heterocycles. The second-order valence-electron chi connectivity index (χ2n) is 6.42. The van der Waals surface area contributed by atoms with Crippen LogP contribution in [0.25, 0.3) is 0 Å². The van der Waals surface area contributed by atoms with Gasteiger partial charge in [0.15, 0.2) is 0 Å². The SMILES string of the molecule is CCC1CCCCN1C(=O)CN(c1ccccc1C(=O)OC)S(C)(=O)=O. The normalized spacial score (nSPS) is 17.7. The number of nitrogens with zero attached hydrogens (tertiary/aromatic N) is 2. The first-order valence-corrected chi connectivity index (χ1v) is 10.6. The average molecular weight is 382 g/mol. The fourth-order valence-electron chi connectivity index (χ4n) is 3.32. The molecule has 1 aliphatic heterocycles. The van der Waals surface area contributed by atoms with Crippen LogP contribution >= 0.6 is 0 Å². The molecule has 26 heavy (non-hydrogen) atoms. The van der Waals surface area contributed by atoms with Crippen molar-refractivity contribution in [2.24, 2.45) is 0 Å². The molecule has 1 fully saturated rings. The Hall–Kier alpha value is -2.09. The predicted molar refractivity (Wildman–Crippen MR) is 99.6 cm³/mol. The Morgan fingerprint density at radius 3 is 2.58 bits per heavy atom. The average Bonchev–Trinajstić information content (AvgIpc) is 2.64. The van der Waals surface area contributed by atoms with Gasteiger partial charge in [0.1, 0.15) is 6.54 Å². The number of carbonyl (C=O) groups is 2. The van der Waals surface area contributed by atoms with E-state index in [1.165, 1.54) is 19.2 Å². The lowest BCUT2D eigenvalue weighted by molar-refractivity contribution is -0.133. The number of piperidine rings is 1. The summed E-state index contributed by atoms with van der Waals surface area (Å²) in [6.45, 7) is 2.33. The van der Waals surface area contributed by atoms with Crippen LogP contribution in [0.2, 0.25) is 0 Å². The zero-order valence-electron chi connectivity index (χ0n) is 15.5. The molecule has 8 heteroatoms. The van der Waals surface area contributed by atoms with Crippen LogP contribution in [0, 0.1) is 0 Å². The molecule has 1 aliphatic rings. The van der Waals surface area contributed by atoms with Gasteiger partial charge in [-0.25, -0.2) is 13.2 Å². The van der Waals surface area contributed by atoms with Crippen LogP contribution in [0.5, 0.6) is 0 Å². The Balaban J connectivity index is 2.35. The third-order valence-electron chi connectivity index (χ3n) is 4.68. The van der Waals surface area contributed by atoms with Crippen molar-refractivity contribution in [3.05, 3.63) is 29.8 Å². The van der Waals surface area contributed by atoms with Gasteiger partial charge in [-0.15, -0.1) is 0 Å². The molecule has 0 radical (unpaired) electrons. The highest BCUT2D eigenvalue weighted by Gasteiger charge is 2.31. The molecule has 0 aliphatic carbocycles. The minimum Gasteiger partial charge on any atom is -0.465 e. The van der Waals surface area contributed by atoms with Crippen molar-refractivity contribution in [3.8, 4) is 0 Å². The van der Waals surface area contributed by atoms with Crippen LogP contribution < -0.4 is 4.31 Å². The zero-order chi connectivity index (χ0) is 19.3. The summed E-state index contributed by atoms with van der Waals surface area (Å²) < 4.78 is 30.5. The molecule has 0 N–H and O–H groups in total. The van der Waals surface area contributed by atoms with E-state index in [1.807, 2.05) is 6.92 Å². The molecule has 2 rings (SSSR count). The Bertz CT molecular complexity index is 763. The van der Waals surface area contributed by atoms with Gasteiger partial charge >= 0.3 is 5.97 Å². The molecular formula is C18H26N2O5S. The number of methoxy groups -OCH3 is 1. The summed E-state index contributed by atoms with van der Waals surface area (Å²) >= 11 is 0. The first-order valence-electron chi connectivity index (χ1n) is 8.74. The van der Waals surface area contributed by atoms with Gasteiger partial charge in [0.05, 0.1) is 24.6 Å². The molecule has 144 valence electrons. The van der Waals surface area contributed by atoms with E-state index in [-0.39, 0.29) is 29.7 Å². The first-order chi connectivity index (χ1) is 12.3. The van der Waals surface area contributed by atoms with E-state index in [2.05, 4.69) is 0 Å². The van der Waals surface area contributed by atoms with Crippen molar-refractivity contribution in [2.75, 3.05) is 30.8 Å². The van der Waals surface area contributed by atoms with E-state index in [4.69, 9.17) is 4.74 Å². The number of anilines is 1. The van der Waals surface area contributed by atoms with Crippen LogP contribution in [-0.4, -0.2) is 57.7 Å². The zero-order valence-corrected chi connectivity index (χ0v) is 16.3. The van der Waals surface area contributed by atoms with E-state index in [1.54, 1.807) is 17.0 Å². The molecule has 0 spiro atoms. The van der Waals surface area contributed by atoms with Gasteiger partial charge in [0.2, 0.25) is 15.9 Å². The molecule has 0 bridgehead atoms. The maximum atomic E-state index is 12.9. The lowest BCUT2D eigenvalue weighted by atomic mass is 10.00. The van der Waals surface area contributed by atoms with Crippen molar-refractivity contribution in [3.63, 3.8) is 0 Å². The molecule has 7 nitrogen and oxygen atoms in total. The largest absolute Gasteiger partial charge is 0.465 e. The van der Waals surface area contributed by atoms with Gasteiger partial charge in [-0.1, -0.05) is 19.1 Å². The lowest BCUT2D eigenvalue weighted by Gasteiger charge is -2.36. The number of sulfonamides is 1. The highest BCUT2D eigenvalue weighted by atomic mass is 32.2. The van der Waals surface area contributed by atoms with E-state index in [0.717, 1.165) is 36.2 Å². The molecule has 1 aromatic carbocycles. The second kappa shape index (κ2) is 8.53. The fourth-order valence-corrected chi connectivity index (χ4v) is 4.18. The van der Waals surface area contributed by atoms with Crippen molar-refractivity contribution >= 4 is 27.6 Å². The van der Waals surface area contributed by atoms with Gasteiger partial charge < -0.3 is 9.64 Å². The highest BCUT2D eigenvalue weighted by Crippen LogP contribution is 2.25. The maximum Gasteiger partial charge on any atom is 0.340 e. The summed E-state index contributed by atoms with van der Waals surface area (Å²) in [6, 6.07) is 6.37. The van der Waals surface area contributed by atoms with Crippen molar-refractivity contribution < 1.29 is 22.7 Å². The van der Waals surface area contributed by atoms with Crippen LogP contribution in [0.3, 0.4) is 0 Å². The minimum atomic E-state index is -3.76. The summed E-state index contributed by atoms with van der Waals surface area (Å²) in [4.78, 5) is 26.6. The molecule has 1 saturated heterocycles. The number of para-hydroxylation sites is 1. The topological polar surface area (TPSA) is 84.0 Å². The number of hydrogen-bond acceptors (Lipinski definition) is 5. The van der Waals surface area contributed by atoms with Gasteiger partial charge in [-0.2, -0.15) is 0 Å². The van der Waals surface area contributed by atoms with Crippen molar-refractivity contribution in [1.82, 2.24) is 4.90 Å². The van der Waals surface area contributed by atoms with E-state index < -0.39 is 16.0 Å². The number of esters is 1. The Morgan fingerprint density at radius 1 is 1.27 bits per heavy atom. The quantitative estimate of drug-likeness (QED) is 0.703. The molecule has 1 heterocycles. The number of carbonyl (C=O) groups excluding carboxylic acids is 2. The van der Waals surface area contributed by atoms with Crippen molar-refractivity contribution in [2.45, 2.75) is 38.6 Å². The van der Waals surface area contributed by atoms with E-state index >= 15 is 0 Å². The van der Waals surface area contributed by atoms with Gasteiger partial charge in [0.25, 0.3) is 0 Å². The Kier molecular flexibility index (Phi) is 6.63. The van der Waals surface area contributed by atoms with Crippen LogP contribution in [-0.2, 0) is 19.6 Å². The van der Waals surface area contributed by atoms with Crippen molar-refractivity contribution in [1.29, 1.82) is 0 Å². The van der Waals surface area contributed by atoms with Crippen LogP contribution in [0.15, 0.2) is 24.3 Å². The molecular weight excluding hydrogens is 356 g/mol. The van der Waals surface area contributed by atoms with E-state index in [0.29, 0.717) is 6.54 Å². The number of ether oxygens (including phenoxy) is 1. The number of hydrogen-bond donors (Lipinski definition) is 0. The summed E-state index contributed by atoms with van der Waals surface area (Å²) in [6.07, 6.45) is 4.79. The highest BCUT2D eigenvalue weighted by molar-refractivity contribution is 7.92. The Morgan fingerprint density at radius 2 is 1.96 bits per heavy atom. The molecule has 1 unspecified atom stereocenters. The monoisotopic (exact) mass is 382 g/mol. The third kappa shape index (κ3) is 4.55. The predicted octanol–water partition coefficient (Wildman–Crippen LogP) is 2.03. The number of rotatable bonds is 6. The standard InChI is InChI=1S/C18H26N2O5S/c1-4-14-9-7-8-12-19(14)17(21)13-20(26(3,23)24)16-11-6-5-10-15(16)18(22)25-2/h5-6,10-11,14H,4,7-9,12-13H2,1-3H3. The number of amides is 1. The second-order valence-corrected chi connectivity index (χ2v) is 8.33. The molecule has 1 amide bonds. The molecule has 0 saturated carbocycles. The van der Waals surface area contributed by atoms with Crippen LogP contribution in [0.4, 0.5) is 5.69 Å². The van der Waals surface area contributed by atoms with Crippen LogP contribution in [0.1, 0.15) is 43.0 Å². The summed E-state index contributed by atoms with van der Waals surface area (Å²) in [7, 11) is -2.53. The summed E-state index contributed by atoms with van der Waals surface area (Å²) in [5.41, 5.74) is 0.263. The maximum absolute atomic E-state index is 12.9. The fraction of sp³-hybridized carbons (Fsp3) is 0.556. The summed E-state index contributed by atoms with van der Waals surface area (Å²) in [5, 5.41) is 0. The molecule has 1 atom stereocenters. The third-order valence-corrected chi connectivity index (χ3v) is 5.80. The molecule has 1 aromatic rings. The van der Waals surface area contributed by atoms with Gasteiger partial charge in [0, 0.05) is 12.6 Å². The summed E-state index contributed by atoms with van der Waals surface area (Å²) in [5.74, 6) is -0.896. The number of likely N-dealkylation sites (tertiary alicyclic amines) is 1. The van der Waals surface area contributed by atoms with Gasteiger partial charge in [-0.05, 0) is 37.8 Å². The first kappa shape index (κ1) is 20.2. The van der Waals surface area contributed by atoms with E-state index in [9.17, 15) is 18.0 Å². The number of benzene rings is 1. The Labute approximate surface area is 155 Å². The smallest absolute Gasteiger partial charge is 0.340 e. The van der Waals surface area contributed by atoms with Gasteiger partial charge in [-0.3, -0.25) is 9.10 Å². The lowest BCUT2D eigenvalue weighted by Crippen LogP contribution is -2.49. The minimum absolute atomic E-state index is 0.110.